The maximum absolute atomic E-state index is 11.1. The molecular weight excluding hydrogens is 681 g/mol. The van der Waals surface area contributed by atoms with Crippen LogP contribution in [0.5, 0.6) is 11.5 Å². The molecule has 0 saturated heterocycles. The lowest BCUT2D eigenvalue weighted by Crippen LogP contribution is -2.04. The van der Waals surface area contributed by atoms with Gasteiger partial charge in [-0.05, 0) is 135 Å². The maximum Gasteiger partial charge on any atom is 0.330 e. The lowest BCUT2D eigenvalue weighted by molar-refractivity contribution is -0.138. The Kier molecular flexibility index (Phi) is 16.8. The fraction of sp³-hybridized carbons (Fsp3) is 0.227. The van der Waals surface area contributed by atoms with Crippen LogP contribution in [0.4, 0.5) is 11.4 Å². The minimum absolute atomic E-state index is 0.359. The van der Waals surface area contributed by atoms with E-state index in [4.69, 9.17) is 18.9 Å². The summed E-state index contributed by atoms with van der Waals surface area (Å²) >= 11 is 0. The minimum atomic E-state index is -0.406. The van der Waals surface area contributed by atoms with Crippen LogP contribution < -0.4 is 9.47 Å². The Morgan fingerprint density at radius 1 is 0.519 bits per heavy atom. The topological polar surface area (TPSA) is 120 Å². The summed E-state index contributed by atoms with van der Waals surface area (Å²) in [6.07, 6.45) is 8.96. The summed E-state index contributed by atoms with van der Waals surface area (Å²) in [5.41, 5.74) is 7.07. The van der Waals surface area contributed by atoms with Gasteiger partial charge < -0.3 is 18.9 Å². The lowest BCUT2D eigenvalue weighted by atomic mass is 10.1. The number of hydrogen-bond acceptors (Lipinski definition) is 10. The highest BCUT2D eigenvalue weighted by atomic mass is 16.5. The van der Waals surface area contributed by atoms with E-state index in [1.807, 2.05) is 123 Å². The van der Waals surface area contributed by atoms with Crippen molar-refractivity contribution in [1.82, 2.24) is 0 Å². The fourth-order valence-electron chi connectivity index (χ4n) is 4.69. The number of rotatable bonds is 21. The van der Waals surface area contributed by atoms with Gasteiger partial charge in [0.25, 0.3) is 0 Å². The molecule has 0 radical (unpaired) electrons. The molecule has 0 heterocycles. The smallest absolute Gasteiger partial charge is 0.330 e. The zero-order chi connectivity index (χ0) is 38.4. The Morgan fingerprint density at radius 2 is 0.870 bits per heavy atom. The van der Waals surface area contributed by atoms with E-state index >= 15 is 0 Å². The van der Waals surface area contributed by atoms with Crippen LogP contribution in [0, 0.1) is 0 Å². The molecule has 0 atom stereocenters. The summed E-state index contributed by atoms with van der Waals surface area (Å²) in [7, 11) is 0. The normalized spacial score (nSPS) is 11.7. The molecule has 10 nitrogen and oxygen atoms in total. The second-order valence-corrected chi connectivity index (χ2v) is 12.0. The maximum atomic E-state index is 11.1. The van der Waals surface area contributed by atoms with Crippen LogP contribution in [0.15, 0.2) is 143 Å². The fourth-order valence-corrected chi connectivity index (χ4v) is 4.69. The van der Waals surface area contributed by atoms with Gasteiger partial charge >= 0.3 is 11.9 Å². The van der Waals surface area contributed by atoms with Crippen LogP contribution in [-0.2, 0) is 19.1 Å². The minimum Gasteiger partial charge on any atom is -0.494 e. The van der Waals surface area contributed by atoms with Gasteiger partial charge in [-0.2, -0.15) is 10.2 Å². The number of ether oxygens (including phenoxy) is 4. The summed E-state index contributed by atoms with van der Waals surface area (Å²) in [5, 5.41) is 8.93. The molecule has 0 bridgehead atoms. The van der Waals surface area contributed by atoms with Crippen molar-refractivity contribution >= 4 is 47.2 Å². The zero-order valence-corrected chi connectivity index (χ0v) is 30.9. The van der Waals surface area contributed by atoms with Gasteiger partial charge in [-0.25, -0.2) is 9.59 Å². The molecule has 0 saturated carbocycles. The van der Waals surface area contributed by atoms with Crippen LogP contribution in [0.25, 0.3) is 0 Å². The van der Waals surface area contributed by atoms with Crippen molar-refractivity contribution in [3.63, 3.8) is 0 Å². The third kappa shape index (κ3) is 14.7. The number of hydrogen-bond donors (Lipinski definition) is 0. The predicted molar refractivity (Wildman–Crippen MR) is 216 cm³/mol. The van der Waals surface area contributed by atoms with Crippen molar-refractivity contribution in [1.29, 1.82) is 0 Å². The van der Waals surface area contributed by atoms with Crippen molar-refractivity contribution in [3.8, 4) is 11.5 Å². The first kappa shape index (κ1) is 40.4. The standard InChI is InChI=1S/C44H46N4O6/c1-5-43(49)53-29-9-7-27-51-41-23-11-35(12-24-41)31-45-39-19-15-37(16-20-39)33(3)47-48-34(4)38-17-21-40(22-18-38)46-32-36-13-25-42(26-14-36)52-28-8-10-30-54-44(50)6-2/h5-6,11-26,31-32H,1-2,7-10,27-30H2,3-4H3/b45-31+,46-32+,47-33+,48-34+. The number of carbonyl (C=O) groups excluding carboxylic acids is 2. The molecular formula is C44H46N4O6. The Morgan fingerprint density at radius 3 is 1.22 bits per heavy atom. The number of esters is 2. The Hall–Kier alpha value is -6.42. The Balaban J connectivity index is 1.20. The number of benzene rings is 4. The highest BCUT2D eigenvalue weighted by Gasteiger charge is 2.02. The average Bonchev–Trinajstić information content (AvgIpc) is 3.21. The van der Waals surface area contributed by atoms with Crippen LogP contribution in [0.1, 0.15) is 61.8 Å². The molecule has 4 rings (SSSR count). The monoisotopic (exact) mass is 726 g/mol. The molecule has 54 heavy (non-hydrogen) atoms. The van der Waals surface area contributed by atoms with Gasteiger partial charge in [0.05, 0.1) is 49.2 Å². The van der Waals surface area contributed by atoms with E-state index in [1.165, 1.54) is 0 Å². The van der Waals surface area contributed by atoms with E-state index in [9.17, 15) is 9.59 Å². The number of carbonyl (C=O) groups is 2. The highest BCUT2D eigenvalue weighted by molar-refractivity contribution is 6.02. The molecule has 0 aliphatic carbocycles. The number of unbranched alkanes of at least 4 members (excludes halogenated alkanes) is 2. The summed E-state index contributed by atoms with van der Waals surface area (Å²) in [4.78, 5) is 31.3. The quantitative estimate of drug-likeness (QED) is 0.0278. The molecule has 278 valence electrons. The summed E-state index contributed by atoms with van der Waals surface area (Å²) in [6, 6.07) is 31.2. The van der Waals surface area contributed by atoms with E-state index < -0.39 is 11.9 Å². The average molecular weight is 727 g/mol. The molecule has 0 N–H and O–H groups in total. The van der Waals surface area contributed by atoms with Crippen molar-refractivity contribution < 1.29 is 28.5 Å². The zero-order valence-electron chi connectivity index (χ0n) is 30.9. The van der Waals surface area contributed by atoms with Crippen molar-refractivity contribution in [2.24, 2.45) is 20.2 Å². The van der Waals surface area contributed by atoms with Gasteiger partial charge in [-0.1, -0.05) is 37.4 Å². The van der Waals surface area contributed by atoms with Gasteiger partial charge in [-0.3, -0.25) is 9.98 Å². The first-order valence-corrected chi connectivity index (χ1v) is 17.7. The molecule has 0 fully saturated rings. The molecule has 0 amide bonds. The molecule has 0 aliphatic heterocycles. The van der Waals surface area contributed by atoms with Gasteiger partial charge in [-0.15, -0.1) is 0 Å². The van der Waals surface area contributed by atoms with Gasteiger partial charge in [0, 0.05) is 24.6 Å². The number of aliphatic imine (C=N–C) groups is 2. The summed E-state index contributed by atoms with van der Waals surface area (Å²) < 4.78 is 21.4. The van der Waals surface area contributed by atoms with Crippen molar-refractivity contribution in [2.45, 2.75) is 39.5 Å². The van der Waals surface area contributed by atoms with Gasteiger partial charge in [0.1, 0.15) is 11.5 Å². The predicted octanol–water partition coefficient (Wildman–Crippen LogP) is 9.20. The van der Waals surface area contributed by atoms with Crippen molar-refractivity contribution in [3.05, 3.63) is 145 Å². The molecule has 0 aliphatic rings. The Bertz CT molecular complexity index is 1790. The third-order valence-electron chi connectivity index (χ3n) is 7.84. The first-order valence-electron chi connectivity index (χ1n) is 17.7. The molecule has 4 aromatic rings. The van der Waals surface area contributed by atoms with E-state index in [-0.39, 0.29) is 0 Å². The van der Waals surface area contributed by atoms with E-state index in [0.717, 1.165) is 94.4 Å². The van der Waals surface area contributed by atoms with Crippen LogP contribution in [-0.4, -0.2) is 62.2 Å². The van der Waals surface area contributed by atoms with E-state index in [1.54, 1.807) is 0 Å². The molecule has 10 heteroatoms. The molecule has 0 spiro atoms. The lowest BCUT2D eigenvalue weighted by Gasteiger charge is -2.06. The molecule has 0 unspecified atom stereocenters. The summed E-state index contributed by atoms with van der Waals surface area (Å²) in [5.74, 6) is 0.736. The first-order chi connectivity index (χ1) is 26.3. The molecule has 0 aromatic heterocycles. The van der Waals surface area contributed by atoms with Crippen molar-refractivity contribution in [2.75, 3.05) is 26.4 Å². The second-order valence-electron chi connectivity index (χ2n) is 12.0. The third-order valence-corrected chi connectivity index (χ3v) is 7.84. The van der Waals surface area contributed by atoms with Crippen LogP contribution in [0.2, 0.25) is 0 Å². The SMILES string of the molecule is C=CC(=O)OCCCCOc1ccc(/C=N/c2ccc(/C(C)=N/N=C(\C)c3ccc(/N=C/c4ccc(OCCCCOC(=O)C=C)cc4)cc3)cc2)cc1. The van der Waals surface area contributed by atoms with Gasteiger partial charge in [0.15, 0.2) is 0 Å². The van der Waals surface area contributed by atoms with Crippen LogP contribution >= 0.6 is 0 Å². The summed E-state index contributed by atoms with van der Waals surface area (Å²) in [6.45, 7) is 12.4. The van der Waals surface area contributed by atoms with E-state index in [0.29, 0.717) is 26.4 Å². The van der Waals surface area contributed by atoms with Gasteiger partial charge in [0.2, 0.25) is 0 Å². The number of nitrogens with zero attached hydrogens (tertiary/aromatic N) is 4. The molecule has 4 aromatic carbocycles. The largest absolute Gasteiger partial charge is 0.494 e. The van der Waals surface area contributed by atoms with E-state index in [2.05, 4.69) is 33.3 Å². The Labute approximate surface area is 317 Å². The second kappa shape index (κ2) is 22.5. The highest BCUT2D eigenvalue weighted by Crippen LogP contribution is 2.18. The van der Waals surface area contributed by atoms with Crippen LogP contribution in [0.3, 0.4) is 0 Å².